The van der Waals surface area contributed by atoms with Crippen molar-refractivity contribution in [2.24, 2.45) is 4.99 Å². The van der Waals surface area contributed by atoms with Crippen LogP contribution in [-0.2, 0) is 4.79 Å². The standard InChI is InChI=1S/C11H13N3OS/c15-10-9(8-2-1-7-16-8)13-11(14-10)3-5-12-6-4-11/h1-2,7,12H,3-6H2,(H,14,15). The third-order valence-electron chi connectivity index (χ3n) is 3.07. The van der Waals surface area contributed by atoms with Crippen LogP contribution in [0, 0.1) is 0 Å². The van der Waals surface area contributed by atoms with Gasteiger partial charge in [-0.2, -0.15) is 0 Å². The van der Waals surface area contributed by atoms with Gasteiger partial charge in [0.05, 0.1) is 4.88 Å². The van der Waals surface area contributed by atoms with Crippen LogP contribution in [0.1, 0.15) is 17.7 Å². The summed E-state index contributed by atoms with van der Waals surface area (Å²) >= 11 is 1.56. The van der Waals surface area contributed by atoms with Gasteiger partial charge in [-0.3, -0.25) is 9.79 Å². The lowest BCUT2D eigenvalue weighted by atomic mass is 10.00. The number of aliphatic imine (C=N–C) groups is 1. The van der Waals surface area contributed by atoms with Crippen LogP contribution in [0.4, 0.5) is 0 Å². The number of amides is 1. The number of carbonyl (C=O) groups is 1. The molecule has 1 aromatic heterocycles. The Morgan fingerprint density at radius 1 is 1.38 bits per heavy atom. The van der Waals surface area contributed by atoms with E-state index in [9.17, 15) is 4.79 Å². The van der Waals surface area contributed by atoms with E-state index in [1.165, 1.54) is 0 Å². The van der Waals surface area contributed by atoms with Crippen LogP contribution in [0.2, 0.25) is 0 Å². The summed E-state index contributed by atoms with van der Waals surface area (Å²) in [5.41, 5.74) is 0.277. The van der Waals surface area contributed by atoms with E-state index < -0.39 is 0 Å². The van der Waals surface area contributed by atoms with Gasteiger partial charge in [0.15, 0.2) is 0 Å². The molecule has 16 heavy (non-hydrogen) atoms. The van der Waals surface area contributed by atoms with Crippen molar-refractivity contribution < 1.29 is 4.79 Å². The first-order valence-electron chi connectivity index (χ1n) is 5.46. The van der Waals surface area contributed by atoms with E-state index in [4.69, 9.17) is 0 Å². The zero-order chi connectivity index (χ0) is 11.0. The van der Waals surface area contributed by atoms with Crippen molar-refractivity contribution in [1.82, 2.24) is 10.6 Å². The van der Waals surface area contributed by atoms with E-state index in [1.54, 1.807) is 11.3 Å². The van der Waals surface area contributed by atoms with Crippen LogP contribution in [0.15, 0.2) is 22.5 Å². The van der Waals surface area contributed by atoms with Gasteiger partial charge in [-0.15, -0.1) is 11.3 Å². The molecule has 3 heterocycles. The monoisotopic (exact) mass is 235 g/mol. The average Bonchev–Trinajstić information content (AvgIpc) is 2.88. The van der Waals surface area contributed by atoms with Crippen molar-refractivity contribution in [2.75, 3.05) is 13.1 Å². The quantitative estimate of drug-likeness (QED) is 0.754. The Kier molecular flexibility index (Phi) is 2.29. The molecule has 1 spiro atoms. The Balaban J connectivity index is 1.94. The van der Waals surface area contributed by atoms with Gasteiger partial charge in [0, 0.05) is 12.8 Å². The highest BCUT2D eigenvalue weighted by atomic mass is 32.1. The second-order valence-corrected chi connectivity index (χ2v) is 5.12. The van der Waals surface area contributed by atoms with E-state index in [0.717, 1.165) is 30.8 Å². The summed E-state index contributed by atoms with van der Waals surface area (Å²) in [4.78, 5) is 17.5. The minimum atomic E-state index is -0.332. The molecule has 0 aromatic carbocycles. The number of nitrogens with one attached hydrogen (secondary N) is 2. The maximum atomic E-state index is 11.9. The molecule has 0 atom stereocenters. The zero-order valence-electron chi connectivity index (χ0n) is 8.82. The van der Waals surface area contributed by atoms with E-state index in [2.05, 4.69) is 15.6 Å². The van der Waals surface area contributed by atoms with Crippen molar-refractivity contribution in [3.8, 4) is 0 Å². The molecular formula is C11H13N3OS. The van der Waals surface area contributed by atoms with Gasteiger partial charge in [-0.1, -0.05) is 6.07 Å². The van der Waals surface area contributed by atoms with Crippen LogP contribution in [-0.4, -0.2) is 30.4 Å². The number of hydrogen-bond acceptors (Lipinski definition) is 4. The number of nitrogens with zero attached hydrogens (tertiary/aromatic N) is 1. The molecule has 84 valence electrons. The van der Waals surface area contributed by atoms with Crippen molar-refractivity contribution in [3.05, 3.63) is 22.4 Å². The predicted octanol–water partition coefficient (Wildman–Crippen LogP) is 0.747. The lowest BCUT2D eigenvalue weighted by Crippen LogP contribution is -2.49. The number of rotatable bonds is 1. The molecule has 2 aliphatic heterocycles. The van der Waals surface area contributed by atoms with Gasteiger partial charge < -0.3 is 10.6 Å². The maximum Gasteiger partial charge on any atom is 0.272 e. The fraction of sp³-hybridized carbons (Fsp3) is 0.455. The lowest BCUT2D eigenvalue weighted by molar-refractivity contribution is -0.115. The largest absolute Gasteiger partial charge is 0.326 e. The molecule has 1 amide bonds. The first kappa shape index (κ1) is 9.99. The summed E-state index contributed by atoms with van der Waals surface area (Å²) < 4.78 is 0. The number of piperidine rings is 1. The normalized spacial score (nSPS) is 23.2. The van der Waals surface area contributed by atoms with E-state index >= 15 is 0 Å². The number of hydrogen-bond donors (Lipinski definition) is 2. The summed E-state index contributed by atoms with van der Waals surface area (Å²) in [6.07, 6.45) is 1.77. The molecular weight excluding hydrogens is 222 g/mol. The van der Waals surface area contributed by atoms with Gasteiger partial charge in [0.1, 0.15) is 11.4 Å². The van der Waals surface area contributed by atoms with Crippen molar-refractivity contribution in [1.29, 1.82) is 0 Å². The molecule has 0 aliphatic carbocycles. The van der Waals surface area contributed by atoms with Gasteiger partial charge in [-0.25, -0.2) is 0 Å². The Labute approximate surface area is 97.8 Å². The summed E-state index contributed by atoms with van der Waals surface area (Å²) in [6, 6.07) is 3.90. The Morgan fingerprint density at radius 3 is 2.88 bits per heavy atom. The molecule has 1 aromatic rings. The smallest absolute Gasteiger partial charge is 0.272 e. The highest BCUT2D eigenvalue weighted by Crippen LogP contribution is 2.27. The molecule has 2 N–H and O–H groups in total. The summed E-state index contributed by atoms with van der Waals surface area (Å²) in [7, 11) is 0. The first-order chi connectivity index (χ1) is 7.79. The van der Waals surface area contributed by atoms with E-state index in [0.29, 0.717) is 5.71 Å². The minimum absolute atomic E-state index is 0.0237. The Bertz CT molecular complexity index is 432. The summed E-state index contributed by atoms with van der Waals surface area (Å²) in [6.45, 7) is 1.84. The second-order valence-electron chi connectivity index (χ2n) is 4.17. The highest BCUT2D eigenvalue weighted by molar-refractivity contribution is 7.13. The van der Waals surface area contributed by atoms with Gasteiger partial charge in [0.25, 0.3) is 5.91 Å². The molecule has 4 nitrogen and oxygen atoms in total. The maximum absolute atomic E-state index is 11.9. The SMILES string of the molecule is O=C1NC2(CCNCC2)N=C1c1cccs1. The average molecular weight is 235 g/mol. The molecule has 2 aliphatic rings. The molecule has 1 fully saturated rings. The highest BCUT2D eigenvalue weighted by Gasteiger charge is 2.40. The number of carbonyl (C=O) groups excluding carboxylic acids is 1. The molecule has 1 saturated heterocycles. The van der Waals surface area contributed by atoms with Crippen molar-refractivity contribution in [2.45, 2.75) is 18.5 Å². The first-order valence-corrected chi connectivity index (χ1v) is 6.34. The van der Waals surface area contributed by atoms with E-state index in [1.807, 2.05) is 17.5 Å². The van der Waals surface area contributed by atoms with Gasteiger partial charge >= 0.3 is 0 Å². The zero-order valence-corrected chi connectivity index (χ0v) is 9.64. The lowest BCUT2D eigenvalue weighted by Gasteiger charge is -2.30. The minimum Gasteiger partial charge on any atom is -0.326 e. The Hall–Kier alpha value is -1.20. The predicted molar refractivity (Wildman–Crippen MR) is 63.8 cm³/mol. The molecule has 3 rings (SSSR count). The van der Waals surface area contributed by atoms with Crippen LogP contribution < -0.4 is 10.6 Å². The van der Waals surface area contributed by atoms with Crippen molar-refractivity contribution >= 4 is 23.0 Å². The van der Waals surface area contributed by atoms with Crippen LogP contribution in [0.25, 0.3) is 0 Å². The fourth-order valence-corrected chi connectivity index (χ4v) is 2.93. The molecule has 0 saturated carbocycles. The molecule has 5 heteroatoms. The third-order valence-corrected chi connectivity index (χ3v) is 3.95. The third kappa shape index (κ3) is 1.56. The Morgan fingerprint density at radius 2 is 2.19 bits per heavy atom. The topological polar surface area (TPSA) is 53.5 Å². The van der Waals surface area contributed by atoms with Gasteiger partial charge in [-0.05, 0) is 24.5 Å². The molecule has 0 radical (unpaired) electrons. The summed E-state index contributed by atoms with van der Waals surface area (Å²) in [5.74, 6) is -0.0237. The summed E-state index contributed by atoms with van der Waals surface area (Å²) in [5, 5.41) is 8.28. The molecule has 0 bridgehead atoms. The van der Waals surface area contributed by atoms with Crippen LogP contribution in [0.3, 0.4) is 0 Å². The van der Waals surface area contributed by atoms with Crippen LogP contribution >= 0.6 is 11.3 Å². The van der Waals surface area contributed by atoms with Gasteiger partial charge in [0.2, 0.25) is 0 Å². The second kappa shape index (κ2) is 3.68. The van der Waals surface area contributed by atoms with Crippen LogP contribution in [0.5, 0.6) is 0 Å². The van der Waals surface area contributed by atoms with E-state index in [-0.39, 0.29) is 11.6 Å². The fourth-order valence-electron chi connectivity index (χ4n) is 2.22. The van der Waals surface area contributed by atoms with Crippen molar-refractivity contribution in [3.63, 3.8) is 0 Å². The number of thiophene rings is 1. The molecule has 0 unspecified atom stereocenters.